The van der Waals surface area contributed by atoms with Crippen LogP contribution in [-0.4, -0.2) is 5.78 Å². The Hall–Kier alpha value is -0.580. The van der Waals surface area contributed by atoms with E-state index in [0.29, 0.717) is 22.0 Å². The number of hydrogen-bond donors (Lipinski definition) is 0. The van der Waals surface area contributed by atoms with Gasteiger partial charge in [-0.05, 0) is 52.4 Å². The first-order chi connectivity index (χ1) is 8.58. The van der Waals surface area contributed by atoms with Gasteiger partial charge in [0.05, 0.1) is 15.6 Å². The van der Waals surface area contributed by atoms with Crippen LogP contribution < -0.4 is 0 Å². The summed E-state index contributed by atoms with van der Waals surface area (Å²) in [4.78, 5) is 12.2. The summed E-state index contributed by atoms with van der Waals surface area (Å²) in [5.41, 5.74) is 1.36. The van der Waals surface area contributed by atoms with Crippen LogP contribution in [0.2, 0.25) is 10.0 Å². The van der Waals surface area contributed by atoms with E-state index in [1.165, 1.54) is 0 Å². The molecule has 0 radical (unpaired) electrons. The van der Waals surface area contributed by atoms with Crippen molar-refractivity contribution in [1.29, 1.82) is 0 Å². The second-order valence-corrected chi connectivity index (χ2v) is 5.88. The Bertz CT molecular complexity index is 559. The minimum atomic E-state index is -0.0631. The molecule has 1 nitrogen and oxygen atoms in total. The number of Topliss-reactive ketones (excluding diaryl/α,β-unsaturated/α-hetero) is 1. The molecule has 0 atom stereocenters. The van der Waals surface area contributed by atoms with Crippen molar-refractivity contribution in [1.82, 2.24) is 0 Å². The Labute approximate surface area is 129 Å². The van der Waals surface area contributed by atoms with Gasteiger partial charge in [-0.15, -0.1) is 0 Å². The van der Waals surface area contributed by atoms with Crippen LogP contribution >= 0.6 is 45.8 Å². The molecule has 0 saturated carbocycles. The van der Waals surface area contributed by atoms with Crippen LogP contribution in [0.25, 0.3) is 0 Å². The van der Waals surface area contributed by atoms with Gasteiger partial charge in [0.2, 0.25) is 0 Å². The summed E-state index contributed by atoms with van der Waals surface area (Å²) in [7, 11) is 0. The van der Waals surface area contributed by atoms with E-state index in [2.05, 4.69) is 22.6 Å². The molecule has 0 heterocycles. The Morgan fingerprint density at radius 2 is 1.56 bits per heavy atom. The molecule has 2 aromatic rings. The Morgan fingerprint density at radius 1 is 1.00 bits per heavy atom. The molecule has 0 N–H and O–H groups in total. The molecule has 0 aliphatic carbocycles. The van der Waals surface area contributed by atoms with Crippen molar-refractivity contribution >= 4 is 51.6 Å². The van der Waals surface area contributed by atoms with Gasteiger partial charge in [0, 0.05) is 9.99 Å². The van der Waals surface area contributed by atoms with E-state index in [1.807, 2.05) is 24.3 Å². The SMILES string of the molecule is O=C(Cc1ccc(I)cc1)c1c(Cl)cccc1Cl. The van der Waals surface area contributed by atoms with Gasteiger partial charge in [-0.2, -0.15) is 0 Å². The molecule has 0 unspecified atom stereocenters. The van der Waals surface area contributed by atoms with Crippen LogP contribution in [0.4, 0.5) is 0 Å². The maximum absolute atomic E-state index is 12.2. The summed E-state index contributed by atoms with van der Waals surface area (Å²) < 4.78 is 1.14. The fourth-order valence-electron chi connectivity index (χ4n) is 1.64. The van der Waals surface area contributed by atoms with Crippen LogP contribution in [0.1, 0.15) is 15.9 Å². The van der Waals surface area contributed by atoms with Crippen molar-refractivity contribution < 1.29 is 4.79 Å². The quantitative estimate of drug-likeness (QED) is 0.531. The van der Waals surface area contributed by atoms with Crippen molar-refractivity contribution in [2.75, 3.05) is 0 Å². The number of halogens is 3. The van der Waals surface area contributed by atoms with Gasteiger partial charge < -0.3 is 0 Å². The lowest BCUT2D eigenvalue weighted by atomic mass is 10.0. The summed E-state index contributed by atoms with van der Waals surface area (Å²) in [6.07, 6.45) is 0.306. The molecular weight excluding hydrogens is 382 g/mol. The van der Waals surface area contributed by atoms with Crippen molar-refractivity contribution in [2.24, 2.45) is 0 Å². The number of ketones is 1. The zero-order chi connectivity index (χ0) is 13.1. The van der Waals surface area contributed by atoms with Crippen molar-refractivity contribution in [2.45, 2.75) is 6.42 Å². The second-order valence-electron chi connectivity index (χ2n) is 3.82. The van der Waals surface area contributed by atoms with E-state index < -0.39 is 0 Å². The maximum atomic E-state index is 12.2. The fraction of sp³-hybridized carbons (Fsp3) is 0.0714. The Morgan fingerprint density at radius 3 is 2.11 bits per heavy atom. The van der Waals surface area contributed by atoms with Gasteiger partial charge in [-0.1, -0.05) is 41.4 Å². The summed E-state index contributed by atoms with van der Waals surface area (Å²) >= 11 is 14.2. The molecule has 0 aromatic heterocycles. The van der Waals surface area contributed by atoms with Crippen molar-refractivity contribution in [3.05, 3.63) is 67.2 Å². The second kappa shape index (κ2) is 6.04. The number of carbonyl (C=O) groups excluding carboxylic acids is 1. The first kappa shape index (κ1) is 13.8. The third kappa shape index (κ3) is 3.25. The summed E-state index contributed by atoms with van der Waals surface area (Å²) in [5.74, 6) is -0.0631. The van der Waals surface area contributed by atoms with Gasteiger partial charge in [-0.3, -0.25) is 4.79 Å². The van der Waals surface area contributed by atoms with Gasteiger partial charge in [0.25, 0.3) is 0 Å². The number of hydrogen-bond acceptors (Lipinski definition) is 1. The lowest BCUT2D eigenvalue weighted by molar-refractivity contribution is 0.0993. The summed E-state index contributed by atoms with van der Waals surface area (Å²) in [6, 6.07) is 12.9. The molecule has 92 valence electrons. The smallest absolute Gasteiger partial charge is 0.170 e. The monoisotopic (exact) mass is 390 g/mol. The zero-order valence-corrected chi connectivity index (χ0v) is 13.0. The van der Waals surface area contributed by atoms with Crippen molar-refractivity contribution in [3.8, 4) is 0 Å². The molecule has 2 aromatic carbocycles. The fourth-order valence-corrected chi connectivity index (χ4v) is 2.61. The standard InChI is InChI=1S/C14H9Cl2IO/c15-11-2-1-3-12(16)14(11)13(18)8-9-4-6-10(17)7-5-9/h1-7H,8H2. The lowest BCUT2D eigenvalue weighted by Gasteiger charge is -2.06. The topological polar surface area (TPSA) is 17.1 Å². The highest BCUT2D eigenvalue weighted by molar-refractivity contribution is 14.1. The number of carbonyl (C=O) groups is 1. The largest absolute Gasteiger partial charge is 0.294 e. The molecular formula is C14H9Cl2IO. The molecule has 0 aliphatic rings. The third-order valence-electron chi connectivity index (χ3n) is 2.52. The predicted molar refractivity (Wildman–Crippen MR) is 83.7 cm³/mol. The van der Waals surface area contributed by atoms with E-state index in [4.69, 9.17) is 23.2 Å². The van der Waals surface area contributed by atoms with Gasteiger partial charge >= 0.3 is 0 Å². The minimum Gasteiger partial charge on any atom is -0.294 e. The van der Waals surface area contributed by atoms with Crippen LogP contribution in [0.5, 0.6) is 0 Å². The minimum absolute atomic E-state index is 0.0631. The molecule has 0 spiro atoms. The van der Waals surface area contributed by atoms with E-state index in [0.717, 1.165) is 9.13 Å². The van der Waals surface area contributed by atoms with E-state index in [-0.39, 0.29) is 5.78 Å². The number of rotatable bonds is 3. The van der Waals surface area contributed by atoms with Crippen LogP contribution in [0, 0.1) is 3.57 Å². The number of benzene rings is 2. The highest BCUT2D eigenvalue weighted by Gasteiger charge is 2.14. The molecule has 0 amide bonds. The predicted octanol–water partition coefficient (Wildman–Crippen LogP) is 5.02. The normalized spacial score (nSPS) is 10.4. The third-order valence-corrected chi connectivity index (χ3v) is 3.87. The highest BCUT2D eigenvalue weighted by Crippen LogP contribution is 2.25. The molecule has 0 aliphatic heterocycles. The van der Waals surface area contributed by atoms with Gasteiger partial charge in [-0.25, -0.2) is 0 Å². The van der Waals surface area contributed by atoms with Gasteiger partial charge in [0.15, 0.2) is 5.78 Å². The maximum Gasteiger partial charge on any atom is 0.170 e. The van der Waals surface area contributed by atoms with Gasteiger partial charge in [0.1, 0.15) is 0 Å². The van der Waals surface area contributed by atoms with Crippen LogP contribution in [0.15, 0.2) is 42.5 Å². The molecule has 18 heavy (non-hydrogen) atoms. The lowest BCUT2D eigenvalue weighted by Crippen LogP contribution is -2.05. The molecule has 2 rings (SSSR count). The van der Waals surface area contributed by atoms with E-state index >= 15 is 0 Å². The molecule has 0 fully saturated rings. The molecule has 4 heteroatoms. The first-order valence-electron chi connectivity index (χ1n) is 5.29. The average molecular weight is 391 g/mol. The molecule has 0 bridgehead atoms. The molecule has 0 saturated heterocycles. The van der Waals surface area contributed by atoms with E-state index in [1.54, 1.807) is 18.2 Å². The van der Waals surface area contributed by atoms with Crippen LogP contribution in [-0.2, 0) is 6.42 Å². The Balaban J connectivity index is 2.25. The average Bonchev–Trinajstić information content (AvgIpc) is 2.32. The highest BCUT2D eigenvalue weighted by atomic mass is 127. The van der Waals surface area contributed by atoms with Crippen LogP contribution in [0.3, 0.4) is 0 Å². The summed E-state index contributed by atoms with van der Waals surface area (Å²) in [5, 5.41) is 0.802. The Kier molecular flexibility index (Phi) is 4.65. The van der Waals surface area contributed by atoms with Crippen molar-refractivity contribution in [3.63, 3.8) is 0 Å². The first-order valence-corrected chi connectivity index (χ1v) is 7.13. The van der Waals surface area contributed by atoms with E-state index in [9.17, 15) is 4.79 Å². The zero-order valence-electron chi connectivity index (χ0n) is 9.29. The summed E-state index contributed by atoms with van der Waals surface area (Å²) in [6.45, 7) is 0.